The van der Waals surface area contributed by atoms with Crippen molar-refractivity contribution >= 4 is 0 Å². The normalized spacial score (nSPS) is 19.3. The molecule has 3 atom stereocenters. The number of benzene rings is 1. The Labute approximate surface area is 133 Å². The van der Waals surface area contributed by atoms with E-state index in [0.717, 1.165) is 6.42 Å². The predicted molar refractivity (Wildman–Crippen MR) is 89.6 cm³/mol. The maximum Gasteiger partial charge on any atom is 0.0956 e. The van der Waals surface area contributed by atoms with Crippen molar-refractivity contribution in [3.63, 3.8) is 0 Å². The molecule has 3 nitrogen and oxygen atoms in total. The molecule has 2 aromatic rings. The average Bonchev–Trinajstić information content (AvgIpc) is 3.04. The molecule has 1 aromatic heterocycles. The van der Waals surface area contributed by atoms with Gasteiger partial charge in [-0.1, -0.05) is 52.0 Å². The van der Waals surface area contributed by atoms with Crippen LogP contribution in [0, 0.1) is 17.8 Å². The summed E-state index contributed by atoms with van der Waals surface area (Å²) in [5.74, 6) is 1.01. The third kappa shape index (κ3) is 2.48. The van der Waals surface area contributed by atoms with E-state index in [1.54, 1.807) is 0 Å². The van der Waals surface area contributed by atoms with E-state index in [9.17, 15) is 5.11 Å². The van der Waals surface area contributed by atoms with Gasteiger partial charge in [-0.3, -0.25) is 0 Å². The number of hydrogen-bond acceptors (Lipinski definition) is 2. The molecule has 0 spiro atoms. The molecule has 2 unspecified atom stereocenters. The second kappa shape index (κ2) is 5.88. The monoisotopic (exact) mass is 298 g/mol. The van der Waals surface area contributed by atoms with Crippen molar-refractivity contribution in [1.29, 1.82) is 0 Å². The number of rotatable bonds is 5. The van der Waals surface area contributed by atoms with Gasteiger partial charge in [-0.25, -0.2) is 4.98 Å². The molecule has 118 valence electrons. The number of nitrogens with zero attached hydrogens (tertiary/aromatic N) is 2. The van der Waals surface area contributed by atoms with Gasteiger partial charge in [-0.2, -0.15) is 0 Å². The van der Waals surface area contributed by atoms with E-state index in [-0.39, 0.29) is 24.0 Å². The third-order valence-corrected chi connectivity index (χ3v) is 4.79. The lowest BCUT2D eigenvalue weighted by molar-refractivity contribution is 0.0364. The van der Waals surface area contributed by atoms with Gasteiger partial charge in [0, 0.05) is 11.5 Å². The van der Waals surface area contributed by atoms with Crippen LogP contribution in [0.25, 0.3) is 11.3 Å². The second-order valence-electron chi connectivity index (χ2n) is 7.25. The van der Waals surface area contributed by atoms with E-state index >= 15 is 0 Å². The Morgan fingerprint density at radius 1 is 1.18 bits per heavy atom. The van der Waals surface area contributed by atoms with Crippen molar-refractivity contribution in [1.82, 2.24) is 9.55 Å². The summed E-state index contributed by atoms with van der Waals surface area (Å²) in [6.07, 6.45) is 4.55. The zero-order valence-electron chi connectivity index (χ0n) is 13.9. The molecule has 1 aliphatic rings. The van der Waals surface area contributed by atoms with Crippen LogP contribution in [0.15, 0.2) is 36.8 Å². The topological polar surface area (TPSA) is 38.1 Å². The highest BCUT2D eigenvalue weighted by Crippen LogP contribution is 2.46. The van der Waals surface area contributed by atoms with Gasteiger partial charge in [0.25, 0.3) is 0 Å². The first-order valence-electron chi connectivity index (χ1n) is 8.30. The van der Waals surface area contributed by atoms with Crippen molar-refractivity contribution in [2.45, 2.75) is 46.3 Å². The van der Waals surface area contributed by atoms with Crippen LogP contribution >= 0.6 is 0 Å². The summed E-state index contributed by atoms with van der Waals surface area (Å²) in [5.41, 5.74) is 3.75. The molecule has 22 heavy (non-hydrogen) atoms. The highest BCUT2D eigenvalue weighted by molar-refractivity contribution is 5.69. The molecule has 1 aliphatic heterocycles. The molecule has 1 N–H and O–H groups in total. The van der Waals surface area contributed by atoms with Gasteiger partial charge in [0.15, 0.2) is 0 Å². The van der Waals surface area contributed by atoms with Crippen LogP contribution in [0.2, 0.25) is 0 Å². The van der Waals surface area contributed by atoms with Crippen LogP contribution in [0.4, 0.5) is 0 Å². The zero-order valence-corrected chi connectivity index (χ0v) is 13.9. The molecule has 0 fully saturated rings. The van der Waals surface area contributed by atoms with Crippen molar-refractivity contribution in [3.05, 3.63) is 42.4 Å². The molecule has 3 rings (SSSR count). The summed E-state index contributed by atoms with van der Waals surface area (Å²) in [6, 6.07) is 8.73. The van der Waals surface area contributed by atoms with Crippen molar-refractivity contribution in [2.75, 3.05) is 0 Å². The van der Waals surface area contributed by atoms with Gasteiger partial charge in [-0.15, -0.1) is 0 Å². The van der Waals surface area contributed by atoms with Crippen molar-refractivity contribution in [2.24, 2.45) is 17.8 Å². The molecule has 0 saturated carbocycles. The number of aliphatic hydroxyl groups is 1. The van der Waals surface area contributed by atoms with Gasteiger partial charge in [-0.05, 0) is 23.8 Å². The van der Waals surface area contributed by atoms with Crippen LogP contribution in [0.5, 0.6) is 0 Å². The lowest BCUT2D eigenvalue weighted by atomic mass is 9.79. The largest absolute Gasteiger partial charge is 0.392 e. The molecule has 0 saturated heterocycles. The third-order valence-electron chi connectivity index (χ3n) is 4.79. The summed E-state index contributed by atoms with van der Waals surface area (Å²) >= 11 is 0. The van der Waals surface area contributed by atoms with Crippen molar-refractivity contribution in [3.8, 4) is 11.3 Å². The maximum atomic E-state index is 10.9. The molecule has 1 aromatic carbocycles. The van der Waals surface area contributed by atoms with Gasteiger partial charge < -0.3 is 9.67 Å². The first-order valence-corrected chi connectivity index (χ1v) is 8.30. The molecule has 2 heterocycles. The summed E-state index contributed by atoms with van der Waals surface area (Å²) < 4.78 is 2.25. The first-order chi connectivity index (χ1) is 10.5. The van der Waals surface area contributed by atoms with Crippen LogP contribution in [-0.2, 0) is 0 Å². The van der Waals surface area contributed by atoms with Gasteiger partial charge >= 0.3 is 0 Å². The standard InChI is InChI=1S/C19H26N2O/c1-12(2)9-16(19(22)13(3)4)18-15-8-6-5-7-14(15)17-10-20-11-21(17)18/h5-8,10-13,16,18-19,22H,9H2,1-4H3/t16-,18?,19?/m0/s1. The molecule has 0 bridgehead atoms. The Morgan fingerprint density at radius 3 is 2.59 bits per heavy atom. The van der Waals surface area contributed by atoms with Crippen molar-refractivity contribution < 1.29 is 5.11 Å². The highest BCUT2D eigenvalue weighted by atomic mass is 16.3. The Morgan fingerprint density at radius 2 is 1.91 bits per heavy atom. The number of aromatic nitrogens is 2. The van der Waals surface area contributed by atoms with E-state index in [1.807, 2.05) is 12.5 Å². The average molecular weight is 298 g/mol. The molecular formula is C19H26N2O. The van der Waals surface area contributed by atoms with E-state index in [0.29, 0.717) is 5.92 Å². The van der Waals surface area contributed by atoms with E-state index in [4.69, 9.17) is 0 Å². The Kier molecular flexibility index (Phi) is 4.09. The molecule has 0 aliphatic carbocycles. The lowest BCUT2D eigenvalue weighted by Gasteiger charge is -2.33. The fourth-order valence-corrected chi connectivity index (χ4v) is 3.80. The van der Waals surface area contributed by atoms with Gasteiger partial charge in [0.2, 0.25) is 0 Å². The summed E-state index contributed by atoms with van der Waals surface area (Å²) in [4.78, 5) is 4.34. The Bertz CT molecular complexity index is 644. The predicted octanol–water partition coefficient (Wildman–Crippen LogP) is 4.13. The molecular weight excluding hydrogens is 272 g/mol. The molecule has 3 heteroatoms. The minimum atomic E-state index is -0.311. The minimum absolute atomic E-state index is 0.188. The van der Waals surface area contributed by atoms with Gasteiger partial charge in [0.05, 0.1) is 30.4 Å². The fraction of sp³-hybridized carbons (Fsp3) is 0.526. The van der Waals surface area contributed by atoms with Crippen LogP contribution < -0.4 is 0 Å². The summed E-state index contributed by atoms with van der Waals surface area (Å²) in [5, 5.41) is 10.9. The smallest absolute Gasteiger partial charge is 0.0956 e. The lowest BCUT2D eigenvalue weighted by Crippen LogP contribution is -2.34. The first kappa shape index (κ1) is 15.3. The quantitative estimate of drug-likeness (QED) is 0.901. The fourth-order valence-electron chi connectivity index (χ4n) is 3.80. The van der Waals surface area contributed by atoms with E-state index < -0.39 is 0 Å². The minimum Gasteiger partial charge on any atom is -0.392 e. The Hall–Kier alpha value is -1.61. The summed E-state index contributed by atoms with van der Waals surface area (Å²) in [6.45, 7) is 8.67. The number of hydrogen-bond donors (Lipinski definition) is 1. The Balaban J connectivity index is 2.08. The van der Waals surface area contributed by atoms with Crippen LogP contribution in [0.3, 0.4) is 0 Å². The number of fused-ring (bicyclic) bond motifs is 3. The maximum absolute atomic E-state index is 10.9. The second-order valence-corrected chi connectivity index (χ2v) is 7.25. The molecule has 0 radical (unpaired) electrons. The van der Waals surface area contributed by atoms with Crippen LogP contribution in [0.1, 0.15) is 45.7 Å². The number of imidazole rings is 1. The zero-order chi connectivity index (χ0) is 15.9. The van der Waals surface area contributed by atoms with E-state index in [1.165, 1.54) is 16.8 Å². The van der Waals surface area contributed by atoms with Gasteiger partial charge in [0.1, 0.15) is 0 Å². The SMILES string of the molecule is CC(C)C[C@H](C(O)C(C)C)C1c2ccccc2-c2cncn21. The number of aliphatic hydroxyl groups excluding tert-OH is 1. The summed E-state index contributed by atoms with van der Waals surface area (Å²) in [7, 11) is 0. The van der Waals surface area contributed by atoms with Crippen LogP contribution in [-0.4, -0.2) is 20.8 Å². The van der Waals surface area contributed by atoms with E-state index in [2.05, 4.69) is 61.5 Å². The molecule has 0 amide bonds. The highest BCUT2D eigenvalue weighted by Gasteiger charge is 2.38.